The van der Waals surface area contributed by atoms with Crippen molar-refractivity contribution >= 4 is 11.6 Å². The summed E-state index contributed by atoms with van der Waals surface area (Å²) in [6, 6.07) is 17.2. The number of amides is 1. The largest absolute Gasteiger partial charge is 0.389 e. The van der Waals surface area contributed by atoms with Crippen LogP contribution < -0.4 is 10.6 Å². The van der Waals surface area contributed by atoms with E-state index < -0.39 is 12.1 Å². The lowest BCUT2D eigenvalue weighted by Crippen LogP contribution is -2.46. The minimum atomic E-state index is -0.693. The summed E-state index contributed by atoms with van der Waals surface area (Å²) in [6.07, 6.45) is -0.106. The second-order valence-corrected chi connectivity index (χ2v) is 6.06. The third kappa shape index (κ3) is 3.75. The molecule has 24 heavy (non-hydrogen) atoms. The number of benzene rings is 2. The number of carbonyl (C=O) groups is 1. The smallest absolute Gasteiger partial charge is 0.240 e. The first-order valence-corrected chi connectivity index (χ1v) is 8.08. The van der Waals surface area contributed by atoms with Gasteiger partial charge in [-0.1, -0.05) is 48.5 Å². The van der Waals surface area contributed by atoms with E-state index in [1.165, 1.54) is 0 Å². The molecule has 1 aliphatic heterocycles. The van der Waals surface area contributed by atoms with Gasteiger partial charge in [-0.3, -0.25) is 4.79 Å². The fourth-order valence-electron chi connectivity index (χ4n) is 3.10. The Morgan fingerprint density at radius 2 is 1.92 bits per heavy atom. The molecule has 0 saturated carbocycles. The molecule has 0 bridgehead atoms. The molecular weight excluding hydrogens is 304 g/mol. The molecule has 2 aromatic carbocycles. The monoisotopic (exact) mass is 326 g/mol. The number of aliphatic hydroxyl groups excluding tert-OH is 1. The van der Waals surface area contributed by atoms with Crippen molar-refractivity contribution in [3.05, 3.63) is 65.7 Å². The number of fused-ring (bicyclic) bond motifs is 1. The number of β-amino-alcohol motifs (C(OH)–C–C–N with tert-alkyl or cyclic N) is 1. The van der Waals surface area contributed by atoms with E-state index in [0.717, 1.165) is 16.8 Å². The Kier molecular flexibility index (Phi) is 5.13. The number of carbonyl (C=O) groups excluding carboxylic acids is 1. The number of primary amides is 1. The Morgan fingerprint density at radius 3 is 2.67 bits per heavy atom. The van der Waals surface area contributed by atoms with E-state index in [-0.39, 0.29) is 12.5 Å². The highest BCUT2D eigenvalue weighted by atomic mass is 16.5. The molecule has 1 amide bonds. The molecule has 0 radical (unpaired) electrons. The number of nitrogens with zero attached hydrogens (tertiary/aromatic N) is 1. The lowest BCUT2D eigenvalue weighted by Gasteiger charge is -2.27. The summed E-state index contributed by atoms with van der Waals surface area (Å²) >= 11 is 0. The first kappa shape index (κ1) is 16.5. The molecule has 0 aromatic heterocycles. The number of hydrogen-bond acceptors (Lipinski definition) is 4. The van der Waals surface area contributed by atoms with Crippen LogP contribution in [0, 0.1) is 0 Å². The average Bonchev–Trinajstić information content (AvgIpc) is 2.95. The Hall–Kier alpha value is -2.37. The van der Waals surface area contributed by atoms with Gasteiger partial charge >= 0.3 is 0 Å². The van der Waals surface area contributed by atoms with Crippen LogP contribution in [0.3, 0.4) is 0 Å². The maximum atomic E-state index is 11.7. The fraction of sp³-hybridized carbons (Fsp3) is 0.316. The second kappa shape index (κ2) is 7.47. The molecule has 2 aromatic rings. The molecule has 0 saturated heterocycles. The maximum Gasteiger partial charge on any atom is 0.240 e. The molecule has 5 nitrogen and oxygen atoms in total. The molecule has 0 fully saturated rings. The number of para-hydroxylation sites is 1. The number of hydrogen-bond donors (Lipinski definition) is 2. The maximum absolute atomic E-state index is 11.7. The van der Waals surface area contributed by atoms with E-state index in [1.54, 1.807) is 0 Å². The van der Waals surface area contributed by atoms with Gasteiger partial charge in [-0.15, -0.1) is 0 Å². The van der Waals surface area contributed by atoms with Crippen molar-refractivity contribution in [3.8, 4) is 0 Å². The van der Waals surface area contributed by atoms with Gasteiger partial charge in [0.2, 0.25) is 5.91 Å². The highest BCUT2D eigenvalue weighted by Gasteiger charge is 2.33. The van der Waals surface area contributed by atoms with Crippen molar-refractivity contribution in [2.75, 3.05) is 18.1 Å². The zero-order chi connectivity index (χ0) is 16.9. The summed E-state index contributed by atoms with van der Waals surface area (Å²) in [6.45, 7) is 0.978. The zero-order valence-electron chi connectivity index (χ0n) is 13.5. The van der Waals surface area contributed by atoms with Crippen LogP contribution in [0.5, 0.6) is 0 Å². The van der Waals surface area contributed by atoms with Crippen LogP contribution in [0.15, 0.2) is 54.6 Å². The van der Waals surface area contributed by atoms with Crippen molar-refractivity contribution in [1.82, 2.24) is 0 Å². The SMILES string of the molecule is NC(=O)[C@@H]1Cc2ccccc2N1CC(O)COCc1ccccc1. The topological polar surface area (TPSA) is 75.8 Å². The Morgan fingerprint density at radius 1 is 1.21 bits per heavy atom. The van der Waals surface area contributed by atoms with Crippen molar-refractivity contribution in [2.24, 2.45) is 5.73 Å². The number of rotatable bonds is 7. The second-order valence-electron chi connectivity index (χ2n) is 6.06. The first-order valence-electron chi connectivity index (χ1n) is 8.08. The van der Waals surface area contributed by atoms with E-state index in [0.29, 0.717) is 19.6 Å². The lowest BCUT2D eigenvalue weighted by molar-refractivity contribution is -0.119. The molecule has 1 heterocycles. The summed E-state index contributed by atoms with van der Waals surface area (Å²) in [5.74, 6) is -0.372. The number of ether oxygens (including phenoxy) is 1. The predicted molar refractivity (Wildman–Crippen MR) is 92.6 cm³/mol. The summed E-state index contributed by atoms with van der Waals surface area (Å²) in [5.41, 5.74) is 8.63. The summed E-state index contributed by atoms with van der Waals surface area (Å²) < 4.78 is 5.58. The van der Waals surface area contributed by atoms with Crippen molar-refractivity contribution in [3.63, 3.8) is 0 Å². The summed E-state index contributed by atoms with van der Waals surface area (Å²) in [4.78, 5) is 13.6. The minimum absolute atomic E-state index is 0.207. The zero-order valence-corrected chi connectivity index (χ0v) is 13.5. The van der Waals surface area contributed by atoms with Gasteiger partial charge in [0.05, 0.1) is 19.3 Å². The van der Waals surface area contributed by atoms with Crippen LogP contribution in [-0.4, -0.2) is 36.3 Å². The molecular formula is C19H22N2O3. The van der Waals surface area contributed by atoms with Crippen molar-refractivity contribution in [1.29, 1.82) is 0 Å². The summed E-state index contributed by atoms with van der Waals surface area (Å²) in [5, 5.41) is 10.3. The van der Waals surface area contributed by atoms with Gasteiger partial charge in [0, 0.05) is 18.7 Å². The van der Waals surface area contributed by atoms with Gasteiger partial charge in [0.1, 0.15) is 6.04 Å². The van der Waals surface area contributed by atoms with E-state index in [4.69, 9.17) is 10.5 Å². The molecule has 2 atom stereocenters. The molecule has 3 N–H and O–H groups in total. The Labute approximate surface area is 141 Å². The molecule has 0 spiro atoms. The number of anilines is 1. The van der Waals surface area contributed by atoms with Gasteiger partial charge in [0.15, 0.2) is 0 Å². The van der Waals surface area contributed by atoms with E-state index in [2.05, 4.69) is 0 Å². The third-order valence-corrected chi connectivity index (χ3v) is 4.25. The first-order chi connectivity index (χ1) is 11.6. The van der Waals surface area contributed by atoms with Crippen molar-refractivity contribution in [2.45, 2.75) is 25.2 Å². The van der Waals surface area contributed by atoms with Gasteiger partial charge in [-0.05, 0) is 17.2 Å². The van der Waals surface area contributed by atoms with Gasteiger partial charge in [0.25, 0.3) is 0 Å². The highest BCUT2D eigenvalue weighted by molar-refractivity contribution is 5.86. The van der Waals surface area contributed by atoms with Crippen LogP contribution >= 0.6 is 0 Å². The third-order valence-electron chi connectivity index (χ3n) is 4.25. The average molecular weight is 326 g/mol. The van der Waals surface area contributed by atoms with Crippen LogP contribution in [0.4, 0.5) is 5.69 Å². The number of aliphatic hydroxyl groups is 1. The fourth-order valence-corrected chi connectivity index (χ4v) is 3.10. The Bertz CT molecular complexity index is 690. The molecule has 1 unspecified atom stereocenters. The molecule has 3 rings (SSSR count). The van der Waals surface area contributed by atoms with E-state index >= 15 is 0 Å². The van der Waals surface area contributed by atoms with Crippen LogP contribution in [0.1, 0.15) is 11.1 Å². The van der Waals surface area contributed by atoms with Crippen LogP contribution in [0.2, 0.25) is 0 Å². The molecule has 1 aliphatic rings. The Balaban J connectivity index is 1.58. The van der Waals surface area contributed by atoms with E-state index in [9.17, 15) is 9.90 Å². The lowest BCUT2D eigenvalue weighted by atomic mass is 10.1. The normalized spacial score (nSPS) is 17.5. The molecule has 5 heteroatoms. The summed E-state index contributed by atoms with van der Waals surface area (Å²) in [7, 11) is 0. The quantitative estimate of drug-likeness (QED) is 0.808. The molecule has 0 aliphatic carbocycles. The molecule has 126 valence electrons. The minimum Gasteiger partial charge on any atom is -0.389 e. The van der Waals surface area contributed by atoms with Crippen LogP contribution in [-0.2, 0) is 22.6 Å². The van der Waals surface area contributed by atoms with Gasteiger partial charge in [-0.25, -0.2) is 0 Å². The number of nitrogens with two attached hydrogens (primary N) is 1. The van der Waals surface area contributed by atoms with Gasteiger partial charge < -0.3 is 20.5 Å². The van der Waals surface area contributed by atoms with Crippen LogP contribution in [0.25, 0.3) is 0 Å². The predicted octanol–water partition coefficient (Wildman–Crippen LogP) is 1.48. The van der Waals surface area contributed by atoms with Crippen molar-refractivity contribution < 1.29 is 14.6 Å². The van der Waals surface area contributed by atoms with E-state index in [1.807, 2.05) is 59.5 Å². The highest BCUT2D eigenvalue weighted by Crippen LogP contribution is 2.31. The standard InChI is InChI=1S/C19H22N2O3/c20-19(23)18-10-15-8-4-5-9-17(15)21(18)11-16(22)13-24-12-14-6-2-1-3-7-14/h1-9,16,18,22H,10-13H2,(H2,20,23)/t16?,18-/m0/s1. The van der Waals surface area contributed by atoms with Gasteiger partial charge in [-0.2, -0.15) is 0 Å².